The first-order chi connectivity index (χ1) is 7.75. The van der Waals surface area contributed by atoms with Crippen LogP contribution in [0.3, 0.4) is 0 Å². The Kier molecular flexibility index (Phi) is 4.32. The Hall–Kier alpha value is -0.450. The second kappa shape index (κ2) is 5.75. The fourth-order valence-corrected chi connectivity index (χ4v) is 2.52. The van der Waals surface area contributed by atoms with Gasteiger partial charge in [-0.05, 0) is 52.7 Å². The van der Waals surface area contributed by atoms with Crippen LogP contribution in [0.4, 0.5) is 0 Å². The highest BCUT2D eigenvalue weighted by molar-refractivity contribution is 9.10. The molecule has 88 valence electrons. The van der Waals surface area contributed by atoms with Crippen molar-refractivity contribution in [2.45, 2.75) is 25.3 Å². The first kappa shape index (κ1) is 12.0. The summed E-state index contributed by atoms with van der Waals surface area (Å²) in [6.45, 7) is 1.70. The Morgan fingerprint density at radius 3 is 3.12 bits per heavy atom. The van der Waals surface area contributed by atoms with Crippen LogP contribution in [0, 0.1) is 5.92 Å². The molecule has 1 aliphatic heterocycles. The monoisotopic (exact) mass is 284 g/mol. The average Bonchev–Trinajstić information content (AvgIpc) is 2.30. The van der Waals surface area contributed by atoms with Crippen molar-refractivity contribution in [2.75, 3.05) is 13.2 Å². The first-order valence-electron chi connectivity index (χ1n) is 5.68. The molecule has 1 aromatic rings. The quantitative estimate of drug-likeness (QED) is 0.925. The van der Waals surface area contributed by atoms with Gasteiger partial charge in [-0.1, -0.05) is 0 Å². The van der Waals surface area contributed by atoms with Gasteiger partial charge >= 0.3 is 0 Å². The van der Waals surface area contributed by atoms with Gasteiger partial charge in [0.1, 0.15) is 0 Å². The summed E-state index contributed by atoms with van der Waals surface area (Å²) in [5.74, 6) is 0.493. The number of ether oxygens (including phenoxy) is 1. The molecule has 2 unspecified atom stereocenters. The molecule has 2 heterocycles. The van der Waals surface area contributed by atoms with E-state index < -0.39 is 0 Å². The molecule has 0 aromatic carbocycles. The van der Waals surface area contributed by atoms with E-state index in [4.69, 9.17) is 10.5 Å². The maximum absolute atomic E-state index is 6.21. The Balaban J connectivity index is 1.93. The molecular formula is C12H17BrN2O. The molecule has 1 saturated heterocycles. The third-order valence-electron chi connectivity index (χ3n) is 3.03. The third-order valence-corrected chi connectivity index (χ3v) is 3.47. The van der Waals surface area contributed by atoms with Crippen LogP contribution in [-0.4, -0.2) is 24.2 Å². The summed E-state index contributed by atoms with van der Waals surface area (Å²) in [5.41, 5.74) is 7.39. The van der Waals surface area contributed by atoms with E-state index in [1.54, 1.807) is 6.20 Å². The van der Waals surface area contributed by atoms with E-state index in [0.29, 0.717) is 5.92 Å². The van der Waals surface area contributed by atoms with Crippen molar-refractivity contribution in [1.29, 1.82) is 0 Å². The molecule has 0 saturated carbocycles. The summed E-state index contributed by atoms with van der Waals surface area (Å²) in [4.78, 5) is 4.15. The van der Waals surface area contributed by atoms with E-state index >= 15 is 0 Å². The van der Waals surface area contributed by atoms with Crippen molar-refractivity contribution in [3.8, 4) is 0 Å². The maximum Gasteiger partial charge on any atom is 0.0509 e. The summed E-state index contributed by atoms with van der Waals surface area (Å²) in [7, 11) is 0. The van der Waals surface area contributed by atoms with Gasteiger partial charge in [0.2, 0.25) is 0 Å². The molecule has 3 nitrogen and oxygen atoms in total. The molecule has 2 rings (SSSR count). The van der Waals surface area contributed by atoms with Gasteiger partial charge in [0.05, 0.1) is 6.61 Å². The van der Waals surface area contributed by atoms with Crippen LogP contribution in [0.2, 0.25) is 0 Å². The molecule has 4 heteroatoms. The van der Waals surface area contributed by atoms with Crippen LogP contribution in [0.5, 0.6) is 0 Å². The van der Waals surface area contributed by atoms with Crippen LogP contribution in [0.25, 0.3) is 0 Å². The zero-order valence-corrected chi connectivity index (χ0v) is 10.8. The molecule has 0 bridgehead atoms. The molecular weight excluding hydrogens is 268 g/mol. The molecule has 0 radical (unpaired) electrons. The normalized spacial score (nSPS) is 23.0. The van der Waals surface area contributed by atoms with E-state index in [9.17, 15) is 0 Å². The lowest BCUT2D eigenvalue weighted by Gasteiger charge is -2.27. The van der Waals surface area contributed by atoms with Crippen LogP contribution in [-0.2, 0) is 11.2 Å². The van der Waals surface area contributed by atoms with Crippen molar-refractivity contribution in [3.05, 3.63) is 28.5 Å². The van der Waals surface area contributed by atoms with Gasteiger partial charge in [-0.25, -0.2) is 0 Å². The number of hydrogen-bond acceptors (Lipinski definition) is 3. The molecule has 2 atom stereocenters. The molecule has 16 heavy (non-hydrogen) atoms. The van der Waals surface area contributed by atoms with Crippen LogP contribution < -0.4 is 5.73 Å². The van der Waals surface area contributed by atoms with Gasteiger partial charge < -0.3 is 10.5 Å². The van der Waals surface area contributed by atoms with Crippen molar-refractivity contribution in [3.63, 3.8) is 0 Å². The van der Waals surface area contributed by atoms with Gasteiger partial charge in [-0.2, -0.15) is 0 Å². The number of nitrogens with zero attached hydrogens (tertiary/aromatic N) is 1. The van der Waals surface area contributed by atoms with E-state index in [1.807, 2.05) is 6.20 Å². The number of aromatic nitrogens is 1. The Bertz CT molecular complexity index is 340. The van der Waals surface area contributed by atoms with E-state index in [1.165, 1.54) is 12.0 Å². The van der Waals surface area contributed by atoms with Crippen molar-refractivity contribution >= 4 is 15.9 Å². The summed E-state index contributed by atoms with van der Waals surface area (Å²) in [5, 5.41) is 0. The first-order valence-corrected chi connectivity index (χ1v) is 6.48. The SMILES string of the molecule is NC(Cc1cncc(Br)c1)C1CCCOC1. The average molecular weight is 285 g/mol. The van der Waals surface area contributed by atoms with Crippen LogP contribution in [0.15, 0.2) is 22.9 Å². The zero-order chi connectivity index (χ0) is 11.4. The van der Waals surface area contributed by atoms with E-state index in [0.717, 1.165) is 30.5 Å². The lowest BCUT2D eigenvalue weighted by molar-refractivity contribution is 0.0450. The summed E-state index contributed by atoms with van der Waals surface area (Å²) < 4.78 is 6.47. The Labute approximate surface area is 105 Å². The highest BCUT2D eigenvalue weighted by atomic mass is 79.9. The molecule has 0 aliphatic carbocycles. The molecule has 0 spiro atoms. The standard InChI is InChI=1S/C12H17BrN2O/c13-11-4-9(6-15-7-11)5-12(14)10-2-1-3-16-8-10/h4,6-7,10,12H,1-3,5,8,14H2. The summed E-state index contributed by atoms with van der Waals surface area (Å²) >= 11 is 3.42. The van der Waals surface area contributed by atoms with Crippen molar-refractivity contribution < 1.29 is 4.74 Å². The topological polar surface area (TPSA) is 48.1 Å². The van der Waals surface area contributed by atoms with Gasteiger partial charge in [-0.15, -0.1) is 0 Å². The lowest BCUT2D eigenvalue weighted by atomic mass is 9.90. The molecule has 2 N–H and O–H groups in total. The number of hydrogen-bond donors (Lipinski definition) is 1. The minimum atomic E-state index is 0.177. The van der Waals surface area contributed by atoms with Crippen molar-refractivity contribution in [1.82, 2.24) is 4.98 Å². The second-order valence-electron chi connectivity index (χ2n) is 4.36. The van der Waals surface area contributed by atoms with Gasteiger partial charge in [-0.3, -0.25) is 4.98 Å². The lowest BCUT2D eigenvalue weighted by Crippen LogP contribution is -2.37. The number of halogens is 1. The fraction of sp³-hybridized carbons (Fsp3) is 0.583. The highest BCUT2D eigenvalue weighted by Gasteiger charge is 2.21. The number of pyridine rings is 1. The molecule has 1 aromatic heterocycles. The Morgan fingerprint density at radius 1 is 1.56 bits per heavy atom. The largest absolute Gasteiger partial charge is 0.381 e. The predicted molar refractivity (Wildman–Crippen MR) is 67.2 cm³/mol. The molecule has 1 aliphatic rings. The number of nitrogens with two attached hydrogens (primary N) is 1. The van der Waals surface area contributed by atoms with Crippen molar-refractivity contribution in [2.24, 2.45) is 11.7 Å². The zero-order valence-electron chi connectivity index (χ0n) is 9.23. The third kappa shape index (κ3) is 3.27. The van der Waals surface area contributed by atoms with Gasteiger partial charge in [0.25, 0.3) is 0 Å². The van der Waals surface area contributed by atoms with Gasteiger partial charge in [0.15, 0.2) is 0 Å². The van der Waals surface area contributed by atoms with Crippen LogP contribution >= 0.6 is 15.9 Å². The highest BCUT2D eigenvalue weighted by Crippen LogP contribution is 2.19. The summed E-state index contributed by atoms with van der Waals surface area (Å²) in [6, 6.07) is 2.26. The smallest absolute Gasteiger partial charge is 0.0509 e. The van der Waals surface area contributed by atoms with Crippen LogP contribution in [0.1, 0.15) is 18.4 Å². The number of rotatable bonds is 3. The van der Waals surface area contributed by atoms with E-state index in [2.05, 4.69) is 27.0 Å². The van der Waals surface area contributed by atoms with Gasteiger partial charge in [0, 0.05) is 29.5 Å². The summed E-state index contributed by atoms with van der Waals surface area (Å²) in [6.07, 6.45) is 6.87. The molecule has 0 amide bonds. The second-order valence-corrected chi connectivity index (χ2v) is 5.27. The minimum absolute atomic E-state index is 0.177. The maximum atomic E-state index is 6.21. The minimum Gasteiger partial charge on any atom is -0.381 e. The molecule has 1 fully saturated rings. The van der Waals surface area contributed by atoms with E-state index in [-0.39, 0.29) is 6.04 Å². The fourth-order valence-electron chi connectivity index (χ4n) is 2.11. The Morgan fingerprint density at radius 2 is 2.44 bits per heavy atom. The predicted octanol–water partition coefficient (Wildman–Crippen LogP) is 2.14.